The van der Waals surface area contributed by atoms with Crippen LogP contribution in [0.1, 0.15) is 28.4 Å². The van der Waals surface area contributed by atoms with E-state index < -0.39 is 5.54 Å². The molecular weight excluding hydrogens is 276 g/mol. The minimum Gasteiger partial charge on any atom is -0.343 e. The summed E-state index contributed by atoms with van der Waals surface area (Å²) in [5, 5.41) is 0. The predicted octanol–water partition coefficient (Wildman–Crippen LogP) is 0.404. The van der Waals surface area contributed by atoms with Gasteiger partial charge in [-0.25, -0.2) is 5.84 Å². The standard InChI is InChI=1S/C13H20N4O2S/c1-13(2)12(19)16(3)6-7-17(13)8-9-4-5-10(20-9)11(18)15-14/h4-5H,6-8,14H2,1-3H3,(H,15,18). The zero-order chi connectivity index (χ0) is 14.9. The van der Waals surface area contributed by atoms with Crippen LogP contribution in [0.15, 0.2) is 12.1 Å². The lowest BCUT2D eigenvalue weighted by Crippen LogP contribution is -2.61. The van der Waals surface area contributed by atoms with Crippen LogP contribution in [0.5, 0.6) is 0 Å². The number of likely N-dealkylation sites (N-methyl/N-ethyl adjacent to an activating group) is 1. The molecule has 1 saturated heterocycles. The second kappa shape index (κ2) is 5.51. The molecule has 0 atom stereocenters. The molecule has 1 fully saturated rings. The maximum absolute atomic E-state index is 12.2. The van der Waals surface area contributed by atoms with Gasteiger partial charge in [-0.1, -0.05) is 0 Å². The van der Waals surface area contributed by atoms with Crippen molar-refractivity contribution in [3.05, 3.63) is 21.9 Å². The Morgan fingerprint density at radius 1 is 1.45 bits per heavy atom. The first-order chi connectivity index (χ1) is 9.36. The monoisotopic (exact) mass is 296 g/mol. The van der Waals surface area contributed by atoms with Gasteiger partial charge < -0.3 is 4.90 Å². The van der Waals surface area contributed by atoms with Crippen molar-refractivity contribution in [1.82, 2.24) is 15.2 Å². The van der Waals surface area contributed by atoms with E-state index in [1.807, 2.05) is 27.0 Å². The first kappa shape index (κ1) is 15.0. The summed E-state index contributed by atoms with van der Waals surface area (Å²) in [7, 11) is 1.83. The lowest BCUT2D eigenvalue weighted by atomic mass is 9.98. The fourth-order valence-electron chi connectivity index (χ4n) is 2.37. The molecule has 1 aliphatic heterocycles. The first-order valence-corrected chi connectivity index (χ1v) is 7.28. The Bertz CT molecular complexity index is 526. The number of nitrogen functional groups attached to an aromatic ring is 1. The number of carbonyl (C=O) groups excluding carboxylic acids is 2. The molecule has 0 spiro atoms. The molecule has 7 heteroatoms. The van der Waals surface area contributed by atoms with E-state index in [2.05, 4.69) is 10.3 Å². The lowest BCUT2D eigenvalue weighted by Gasteiger charge is -2.44. The molecule has 2 rings (SSSR count). The van der Waals surface area contributed by atoms with Gasteiger partial charge in [0.05, 0.1) is 10.4 Å². The van der Waals surface area contributed by atoms with Crippen molar-refractivity contribution in [2.45, 2.75) is 25.9 Å². The topological polar surface area (TPSA) is 78.7 Å². The predicted molar refractivity (Wildman–Crippen MR) is 78.1 cm³/mol. The summed E-state index contributed by atoms with van der Waals surface area (Å²) < 4.78 is 0. The average molecular weight is 296 g/mol. The molecule has 1 aliphatic rings. The first-order valence-electron chi connectivity index (χ1n) is 6.46. The number of nitrogens with zero attached hydrogens (tertiary/aromatic N) is 2. The van der Waals surface area contributed by atoms with Crippen molar-refractivity contribution in [3.63, 3.8) is 0 Å². The number of hydrogen-bond acceptors (Lipinski definition) is 5. The summed E-state index contributed by atoms with van der Waals surface area (Å²) in [5.41, 5.74) is 1.60. The molecular formula is C13H20N4O2S. The largest absolute Gasteiger partial charge is 0.343 e. The number of amides is 2. The van der Waals surface area contributed by atoms with E-state index >= 15 is 0 Å². The summed E-state index contributed by atoms with van der Waals surface area (Å²) >= 11 is 1.40. The molecule has 0 radical (unpaired) electrons. The van der Waals surface area contributed by atoms with E-state index in [0.29, 0.717) is 11.4 Å². The third-order valence-electron chi connectivity index (χ3n) is 3.73. The van der Waals surface area contributed by atoms with Crippen molar-refractivity contribution in [3.8, 4) is 0 Å². The maximum Gasteiger partial charge on any atom is 0.275 e. The second-order valence-electron chi connectivity index (χ2n) is 5.45. The van der Waals surface area contributed by atoms with E-state index in [-0.39, 0.29) is 11.8 Å². The summed E-state index contributed by atoms with van der Waals surface area (Å²) in [5.74, 6) is 4.96. The Labute approximate surface area is 122 Å². The highest BCUT2D eigenvalue weighted by molar-refractivity contribution is 7.14. The van der Waals surface area contributed by atoms with Crippen molar-refractivity contribution in [1.29, 1.82) is 0 Å². The van der Waals surface area contributed by atoms with Crippen LogP contribution in [0.25, 0.3) is 0 Å². The Balaban J connectivity index is 2.11. The number of nitrogens with two attached hydrogens (primary N) is 1. The fraction of sp³-hybridized carbons (Fsp3) is 0.538. The van der Waals surface area contributed by atoms with Gasteiger partial charge in [-0.15, -0.1) is 11.3 Å². The van der Waals surface area contributed by atoms with Crippen molar-refractivity contribution < 1.29 is 9.59 Å². The van der Waals surface area contributed by atoms with Crippen LogP contribution in [-0.2, 0) is 11.3 Å². The van der Waals surface area contributed by atoms with Gasteiger partial charge in [0.2, 0.25) is 5.91 Å². The number of piperazine rings is 1. The molecule has 20 heavy (non-hydrogen) atoms. The van der Waals surface area contributed by atoms with Crippen LogP contribution in [0, 0.1) is 0 Å². The quantitative estimate of drug-likeness (QED) is 0.481. The third kappa shape index (κ3) is 2.70. The van der Waals surface area contributed by atoms with Gasteiger partial charge in [0.1, 0.15) is 0 Å². The zero-order valence-electron chi connectivity index (χ0n) is 12.0. The highest BCUT2D eigenvalue weighted by Gasteiger charge is 2.40. The van der Waals surface area contributed by atoms with E-state index in [9.17, 15) is 9.59 Å². The Morgan fingerprint density at radius 3 is 2.80 bits per heavy atom. The average Bonchev–Trinajstić information content (AvgIpc) is 2.88. The van der Waals surface area contributed by atoms with Crippen LogP contribution in [-0.4, -0.2) is 47.3 Å². The maximum atomic E-state index is 12.2. The Morgan fingerprint density at radius 2 is 2.15 bits per heavy atom. The van der Waals surface area contributed by atoms with Gasteiger partial charge in [0, 0.05) is 31.6 Å². The number of carbonyl (C=O) groups is 2. The van der Waals surface area contributed by atoms with Crippen LogP contribution in [0.2, 0.25) is 0 Å². The molecule has 1 aromatic heterocycles. The van der Waals surface area contributed by atoms with E-state index in [1.165, 1.54) is 11.3 Å². The van der Waals surface area contributed by atoms with E-state index in [4.69, 9.17) is 5.84 Å². The van der Waals surface area contributed by atoms with Gasteiger partial charge >= 0.3 is 0 Å². The van der Waals surface area contributed by atoms with Crippen LogP contribution >= 0.6 is 11.3 Å². The summed E-state index contributed by atoms with van der Waals surface area (Å²) in [6.45, 7) is 6.09. The summed E-state index contributed by atoms with van der Waals surface area (Å²) in [4.78, 5) is 29.2. The molecule has 2 heterocycles. The second-order valence-corrected chi connectivity index (χ2v) is 6.62. The van der Waals surface area contributed by atoms with Gasteiger partial charge in [0.25, 0.3) is 5.91 Å². The lowest BCUT2D eigenvalue weighted by molar-refractivity contribution is -0.147. The summed E-state index contributed by atoms with van der Waals surface area (Å²) in [6.07, 6.45) is 0. The van der Waals surface area contributed by atoms with Gasteiger partial charge in [0.15, 0.2) is 0 Å². The zero-order valence-corrected chi connectivity index (χ0v) is 12.8. The van der Waals surface area contributed by atoms with Crippen molar-refractivity contribution in [2.75, 3.05) is 20.1 Å². The van der Waals surface area contributed by atoms with Crippen LogP contribution in [0.3, 0.4) is 0 Å². The number of thiophene rings is 1. The number of hydrazine groups is 1. The number of rotatable bonds is 3. The minimum absolute atomic E-state index is 0.125. The smallest absolute Gasteiger partial charge is 0.275 e. The number of hydrogen-bond donors (Lipinski definition) is 2. The highest BCUT2D eigenvalue weighted by Crippen LogP contribution is 2.26. The van der Waals surface area contributed by atoms with Crippen LogP contribution < -0.4 is 11.3 Å². The van der Waals surface area contributed by atoms with Gasteiger partial charge in [-0.3, -0.25) is 19.9 Å². The molecule has 0 aromatic carbocycles. The molecule has 1 aromatic rings. The van der Waals surface area contributed by atoms with E-state index in [1.54, 1.807) is 11.0 Å². The molecule has 3 N–H and O–H groups in total. The normalized spacial score (nSPS) is 19.2. The molecule has 0 aliphatic carbocycles. The Kier molecular flexibility index (Phi) is 4.12. The fourth-order valence-corrected chi connectivity index (χ4v) is 3.30. The Hall–Kier alpha value is -1.44. The third-order valence-corrected chi connectivity index (χ3v) is 4.80. The number of nitrogens with one attached hydrogen (secondary N) is 1. The molecule has 6 nitrogen and oxygen atoms in total. The highest BCUT2D eigenvalue weighted by atomic mass is 32.1. The SMILES string of the molecule is CN1CCN(Cc2ccc(C(=O)NN)s2)C(C)(C)C1=O. The minimum atomic E-state index is -0.521. The molecule has 0 saturated carbocycles. The van der Waals surface area contributed by atoms with Crippen molar-refractivity contribution in [2.24, 2.45) is 5.84 Å². The molecule has 0 unspecified atom stereocenters. The molecule has 0 bridgehead atoms. The molecule has 2 amide bonds. The van der Waals surface area contributed by atoms with Gasteiger partial charge in [-0.2, -0.15) is 0 Å². The summed E-state index contributed by atoms with van der Waals surface area (Å²) in [6, 6.07) is 3.67. The molecule has 110 valence electrons. The van der Waals surface area contributed by atoms with Crippen molar-refractivity contribution >= 4 is 23.2 Å². The van der Waals surface area contributed by atoms with Crippen LogP contribution in [0.4, 0.5) is 0 Å². The van der Waals surface area contributed by atoms with E-state index in [0.717, 1.165) is 18.0 Å². The van der Waals surface area contributed by atoms with Gasteiger partial charge in [-0.05, 0) is 26.0 Å².